The number of carboxylic acids is 1. The minimum Gasteiger partial charge on any atom is -0.478 e. The lowest BCUT2D eigenvalue weighted by Crippen LogP contribution is -2.57. The number of hydrogen-bond donors (Lipinski definition) is 1. The quantitative estimate of drug-likeness (QED) is 0.771. The van der Waals surface area contributed by atoms with Crippen molar-refractivity contribution in [2.45, 2.75) is 31.4 Å². The molecular formula is C18H28N4O2S2. The SMILES string of the molecule is CC1CN(C)CC(C)N1C1N=C(N(C)C)SS1.O=C(O)c1ccccc1. The van der Waals surface area contributed by atoms with E-state index in [-0.39, 0.29) is 5.50 Å². The van der Waals surface area contributed by atoms with E-state index in [1.807, 2.05) is 10.8 Å². The van der Waals surface area contributed by atoms with E-state index in [0.29, 0.717) is 17.6 Å². The highest BCUT2D eigenvalue weighted by Gasteiger charge is 2.36. The van der Waals surface area contributed by atoms with Crippen LogP contribution >= 0.6 is 21.6 Å². The molecule has 2 aliphatic rings. The Labute approximate surface area is 164 Å². The standard InChI is InChI=1S/C11H22N4S2.C7H6O2/c1-8-6-14(5)7-9(2)15(8)11-12-10(13(3)4)16-17-11;8-7(9)6-4-2-1-3-5-6/h8-9,11H,6-7H2,1-5H3;1-5H,(H,8,9). The van der Waals surface area contributed by atoms with Gasteiger partial charge < -0.3 is 14.9 Å². The van der Waals surface area contributed by atoms with Gasteiger partial charge in [-0.3, -0.25) is 4.90 Å². The van der Waals surface area contributed by atoms with Gasteiger partial charge in [0.25, 0.3) is 0 Å². The van der Waals surface area contributed by atoms with E-state index in [2.05, 4.69) is 49.7 Å². The molecule has 0 spiro atoms. The van der Waals surface area contributed by atoms with Crippen LogP contribution in [0, 0.1) is 0 Å². The van der Waals surface area contributed by atoms with Gasteiger partial charge in [-0.2, -0.15) is 0 Å². The van der Waals surface area contributed by atoms with E-state index in [0.717, 1.165) is 18.3 Å². The van der Waals surface area contributed by atoms with Crippen molar-refractivity contribution in [1.82, 2.24) is 14.7 Å². The van der Waals surface area contributed by atoms with Crippen molar-refractivity contribution in [3.05, 3.63) is 35.9 Å². The minimum absolute atomic E-state index is 0.288. The fourth-order valence-corrected chi connectivity index (χ4v) is 5.85. The van der Waals surface area contributed by atoms with Crippen molar-refractivity contribution in [3.63, 3.8) is 0 Å². The van der Waals surface area contributed by atoms with E-state index in [9.17, 15) is 4.79 Å². The summed E-state index contributed by atoms with van der Waals surface area (Å²) >= 11 is 0. The molecule has 0 saturated carbocycles. The molecule has 0 radical (unpaired) electrons. The summed E-state index contributed by atoms with van der Waals surface area (Å²) < 4.78 is 0. The average Bonchev–Trinajstić information content (AvgIpc) is 3.05. The Morgan fingerprint density at radius 1 is 1.19 bits per heavy atom. The zero-order valence-corrected chi connectivity index (χ0v) is 17.6. The van der Waals surface area contributed by atoms with Crippen molar-refractivity contribution in [2.75, 3.05) is 34.2 Å². The number of benzene rings is 1. The molecular weight excluding hydrogens is 368 g/mol. The molecule has 2 heterocycles. The highest BCUT2D eigenvalue weighted by Crippen LogP contribution is 2.40. The third-order valence-electron chi connectivity index (χ3n) is 4.26. The smallest absolute Gasteiger partial charge is 0.335 e. The van der Waals surface area contributed by atoms with Crippen molar-refractivity contribution in [3.8, 4) is 0 Å². The van der Waals surface area contributed by atoms with Gasteiger partial charge >= 0.3 is 5.97 Å². The average molecular weight is 397 g/mol. The van der Waals surface area contributed by atoms with Crippen LogP contribution in [0.15, 0.2) is 35.3 Å². The van der Waals surface area contributed by atoms with Gasteiger partial charge in [0, 0.05) is 39.3 Å². The van der Waals surface area contributed by atoms with E-state index < -0.39 is 5.97 Å². The lowest BCUT2D eigenvalue weighted by molar-refractivity contribution is 0.0457. The van der Waals surface area contributed by atoms with E-state index in [4.69, 9.17) is 10.1 Å². The Hall–Kier alpha value is -1.22. The predicted octanol–water partition coefficient (Wildman–Crippen LogP) is 2.99. The van der Waals surface area contributed by atoms with Crippen LogP contribution in [0.3, 0.4) is 0 Å². The van der Waals surface area contributed by atoms with Crippen LogP contribution in [0.2, 0.25) is 0 Å². The monoisotopic (exact) mass is 396 g/mol. The third-order valence-corrected chi connectivity index (χ3v) is 6.75. The maximum absolute atomic E-state index is 10.2. The Balaban J connectivity index is 0.000000228. The van der Waals surface area contributed by atoms with Gasteiger partial charge in [0.05, 0.1) is 5.56 Å². The number of likely N-dealkylation sites (N-methyl/N-ethyl adjacent to an activating group) is 1. The summed E-state index contributed by atoms with van der Waals surface area (Å²) in [6.07, 6.45) is 0. The van der Waals surface area contributed by atoms with Crippen molar-refractivity contribution in [1.29, 1.82) is 0 Å². The Bertz CT molecular complexity index is 615. The molecule has 1 fully saturated rings. The van der Waals surface area contributed by atoms with E-state index in [1.54, 1.807) is 41.1 Å². The first kappa shape index (κ1) is 21.1. The third kappa shape index (κ3) is 5.64. The van der Waals surface area contributed by atoms with Gasteiger partial charge in [-0.05, 0) is 54.6 Å². The van der Waals surface area contributed by atoms with Gasteiger partial charge in [0.2, 0.25) is 0 Å². The summed E-state index contributed by atoms with van der Waals surface area (Å²) in [5, 5.41) is 9.52. The molecule has 0 bridgehead atoms. The van der Waals surface area contributed by atoms with Crippen molar-refractivity contribution >= 4 is 32.7 Å². The molecule has 0 aromatic heterocycles. The predicted molar refractivity (Wildman–Crippen MR) is 112 cm³/mol. The fraction of sp³-hybridized carbons (Fsp3) is 0.556. The van der Waals surface area contributed by atoms with Crippen LogP contribution in [-0.4, -0.2) is 82.8 Å². The lowest BCUT2D eigenvalue weighted by atomic mass is 10.1. The topological polar surface area (TPSA) is 59.4 Å². The van der Waals surface area contributed by atoms with Gasteiger partial charge in [0.1, 0.15) is 0 Å². The second-order valence-corrected chi connectivity index (χ2v) is 9.07. The molecule has 0 amide bonds. The first-order valence-electron chi connectivity index (χ1n) is 8.62. The summed E-state index contributed by atoms with van der Waals surface area (Å²) in [5.74, 6) is -0.879. The highest BCUT2D eigenvalue weighted by atomic mass is 33.1. The van der Waals surface area contributed by atoms with Crippen LogP contribution in [0.1, 0.15) is 24.2 Å². The molecule has 3 atom stereocenters. The molecule has 3 rings (SSSR count). The summed E-state index contributed by atoms with van der Waals surface area (Å²) in [6, 6.07) is 9.45. The largest absolute Gasteiger partial charge is 0.478 e. The zero-order chi connectivity index (χ0) is 19.3. The molecule has 1 aromatic carbocycles. The Morgan fingerprint density at radius 2 is 1.77 bits per heavy atom. The molecule has 1 aromatic rings. The number of carbonyl (C=O) groups is 1. The summed E-state index contributed by atoms with van der Waals surface area (Å²) in [5.41, 5.74) is 0.619. The number of nitrogens with zero attached hydrogens (tertiary/aromatic N) is 4. The molecule has 8 heteroatoms. The second kappa shape index (κ2) is 9.64. The van der Waals surface area contributed by atoms with Crippen LogP contribution < -0.4 is 0 Å². The fourth-order valence-electron chi connectivity index (χ4n) is 3.15. The first-order chi connectivity index (χ1) is 12.3. The molecule has 1 saturated heterocycles. The zero-order valence-electron chi connectivity index (χ0n) is 16.0. The number of hydrogen-bond acceptors (Lipinski definition) is 7. The Kier molecular flexibility index (Phi) is 7.82. The molecule has 2 aliphatic heterocycles. The summed E-state index contributed by atoms with van der Waals surface area (Å²) in [4.78, 5) is 22.1. The maximum atomic E-state index is 10.2. The van der Waals surface area contributed by atoms with Crippen molar-refractivity contribution in [2.24, 2.45) is 4.99 Å². The highest BCUT2D eigenvalue weighted by molar-refractivity contribution is 8.82. The normalized spacial score (nSPS) is 26.7. The van der Waals surface area contributed by atoms with Gasteiger partial charge in [0.15, 0.2) is 10.7 Å². The minimum atomic E-state index is -0.879. The lowest BCUT2D eigenvalue weighted by Gasteiger charge is -2.44. The van der Waals surface area contributed by atoms with E-state index in [1.165, 1.54) is 0 Å². The van der Waals surface area contributed by atoms with Gasteiger partial charge in [-0.25, -0.2) is 9.79 Å². The van der Waals surface area contributed by atoms with E-state index >= 15 is 0 Å². The maximum Gasteiger partial charge on any atom is 0.335 e. The van der Waals surface area contributed by atoms with Crippen LogP contribution in [-0.2, 0) is 0 Å². The molecule has 3 unspecified atom stereocenters. The number of aliphatic imine (C=N–C) groups is 1. The number of amidine groups is 1. The van der Waals surface area contributed by atoms with Crippen molar-refractivity contribution < 1.29 is 9.90 Å². The van der Waals surface area contributed by atoms with Gasteiger partial charge in [-0.15, -0.1) is 0 Å². The summed E-state index contributed by atoms with van der Waals surface area (Å²) in [7, 11) is 9.99. The molecule has 144 valence electrons. The molecule has 0 aliphatic carbocycles. The first-order valence-corrected chi connectivity index (χ1v) is 10.8. The Morgan fingerprint density at radius 3 is 2.19 bits per heavy atom. The number of rotatable bonds is 2. The number of aromatic carboxylic acids is 1. The van der Waals surface area contributed by atoms with Crippen LogP contribution in [0.4, 0.5) is 0 Å². The second-order valence-electron chi connectivity index (χ2n) is 6.85. The van der Waals surface area contributed by atoms with Gasteiger partial charge in [-0.1, -0.05) is 18.2 Å². The molecule has 1 N–H and O–H groups in total. The van der Waals surface area contributed by atoms with Crippen LogP contribution in [0.25, 0.3) is 0 Å². The number of carboxylic acid groups (broad SMARTS) is 1. The number of piperazine rings is 1. The molecule has 6 nitrogen and oxygen atoms in total. The summed E-state index contributed by atoms with van der Waals surface area (Å²) in [6.45, 7) is 6.89. The molecule has 26 heavy (non-hydrogen) atoms. The van der Waals surface area contributed by atoms with Crippen LogP contribution in [0.5, 0.6) is 0 Å².